The van der Waals surface area contributed by atoms with Gasteiger partial charge in [-0.05, 0) is 56.6 Å². The molecule has 1 aromatic heterocycles. The average molecular weight is 414 g/mol. The normalized spacial score (nSPS) is 16.9. The molecule has 4 rings (SSSR count). The summed E-state index contributed by atoms with van der Waals surface area (Å²) in [5.41, 5.74) is 2.04. The van der Waals surface area contributed by atoms with Crippen molar-refractivity contribution in [1.29, 1.82) is 0 Å². The summed E-state index contributed by atoms with van der Waals surface area (Å²) in [4.78, 5) is 19.7. The van der Waals surface area contributed by atoms with Crippen LogP contribution < -0.4 is 5.32 Å². The Kier molecular flexibility index (Phi) is 5.95. The van der Waals surface area contributed by atoms with Crippen molar-refractivity contribution in [2.24, 2.45) is 0 Å². The molecule has 1 fully saturated rings. The molecule has 1 saturated heterocycles. The molecule has 0 bridgehead atoms. The molecule has 1 N–H and O–H groups in total. The smallest absolute Gasteiger partial charge is 0.237 e. The summed E-state index contributed by atoms with van der Waals surface area (Å²) in [6.07, 6.45) is 2.09. The number of amides is 1. The molecule has 3 aromatic rings. The number of nitrogens with one attached hydrogen (secondary N) is 1. The second-order valence-corrected chi connectivity index (χ2v) is 8.78. The zero-order valence-corrected chi connectivity index (χ0v) is 17.5. The van der Waals surface area contributed by atoms with Gasteiger partial charge in [-0.3, -0.25) is 9.69 Å². The number of thiazole rings is 1. The standard InChI is InChI=1S/C22H24ClN3OS/c1-15(21(27)24-14-17-6-2-3-7-18(17)23)26-12-10-16(11-13-26)22-25-19-8-4-5-9-20(19)28-22/h2-9,15-16H,10-14H2,1H3,(H,24,27)/t15-/m1/s1. The van der Waals surface area contributed by atoms with Gasteiger partial charge in [-0.25, -0.2) is 4.98 Å². The minimum absolute atomic E-state index is 0.0540. The molecule has 0 spiro atoms. The van der Waals surface area contributed by atoms with E-state index >= 15 is 0 Å². The van der Waals surface area contributed by atoms with Crippen molar-refractivity contribution in [3.8, 4) is 0 Å². The lowest BCUT2D eigenvalue weighted by Crippen LogP contribution is -2.47. The number of nitrogens with zero attached hydrogens (tertiary/aromatic N) is 2. The van der Waals surface area contributed by atoms with Crippen LogP contribution in [0.15, 0.2) is 48.5 Å². The Hall–Kier alpha value is -1.95. The maximum Gasteiger partial charge on any atom is 0.237 e. The summed E-state index contributed by atoms with van der Waals surface area (Å²) in [5, 5.41) is 4.94. The third-order valence-corrected chi connectivity index (χ3v) is 7.09. The van der Waals surface area contributed by atoms with Gasteiger partial charge in [-0.1, -0.05) is 41.9 Å². The predicted molar refractivity (Wildman–Crippen MR) is 116 cm³/mol. The lowest BCUT2D eigenvalue weighted by Gasteiger charge is -2.34. The number of aromatic nitrogens is 1. The second kappa shape index (κ2) is 8.60. The van der Waals surface area contributed by atoms with E-state index in [-0.39, 0.29) is 11.9 Å². The first-order valence-corrected chi connectivity index (χ1v) is 10.9. The van der Waals surface area contributed by atoms with E-state index in [0.29, 0.717) is 17.5 Å². The van der Waals surface area contributed by atoms with Crippen molar-refractivity contribution in [1.82, 2.24) is 15.2 Å². The molecular weight excluding hydrogens is 390 g/mol. The van der Waals surface area contributed by atoms with Gasteiger partial charge < -0.3 is 5.32 Å². The first-order valence-electron chi connectivity index (χ1n) is 9.72. The van der Waals surface area contributed by atoms with Crippen molar-refractivity contribution in [2.75, 3.05) is 13.1 Å². The molecule has 0 aliphatic carbocycles. The average Bonchev–Trinajstić information content (AvgIpc) is 3.17. The molecule has 2 aromatic carbocycles. The number of hydrogen-bond donors (Lipinski definition) is 1. The van der Waals surface area contributed by atoms with Crippen LogP contribution in [0, 0.1) is 0 Å². The van der Waals surface area contributed by atoms with E-state index in [2.05, 4.69) is 28.4 Å². The summed E-state index contributed by atoms with van der Waals surface area (Å²) in [6.45, 7) is 4.29. The Morgan fingerprint density at radius 1 is 1.21 bits per heavy atom. The highest BCUT2D eigenvalue weighted by atomic mass is 35.5. The van der Waals surface area contributed by atoms with Crippen molar-refractivity contribution < 1.29 is 4.79 Å². The van der Waals surface area contributed by atoms with E-state index in [1.54, 1.807) is 11.3 Å². The van der Waals surface area contributed by atoms with Crippen LogP contribution in [0.5, 0.6) is 0 Å². The largest absolute Gasteiger partial charge is 0.351 e. The quantitative estimate of drug-likeness (QED) is 0.651. The molecule has 0 saturated carbocycles. The van der Waals surface area contributed by atoms with E-state index in [1.165, 1.54) is 9.71 Å². The van der Waals surface area contributed by atoms with Crippen molar-refractivity contribution in [3.63, 3.8) is 0 Å². The van der Waals surface area contributed by atoms with E-state index in [9.17, 15) is 4.79 Å². The highest BCUT2D eigenvalue weighted by molar-refractivity contribution is 7.18. The Balaban J connectivity index is 1.31. The van der Waals surface area contributed by atoms with Gasteiger partial charge in [0.15, 0.2) is 0 Å². The van der Waals surface area contributed by atoms with Crippen LogP contribution in [0.1, 0.15) is 36.3 Å². The Bertz CT molecular complexity index is 932. The molecule has 0 radical (unpaired) electrons. The molecule has 28 heavy (non-hydrogen) atoms. The lowest BCUT2D eigenvalue weighted by molar-refractivity contribution is -0.126. The Morgan fingerprint density at radius 3 is 2.68 bits per heavy atom. The number of carbonyl (C=O) groups is 1. The van der Waals surface area contributed by atoms with Crippen LogP contribution in [0.25, 0.3) is 10.2 Å². The van der Waals surface area contributed by atoms with E-state index < -0.39 is 0 Å². The first-order chi connectivity index (χ1) is 13.6. The number of carbonyl (C=O) groups excluding carboxylic acids is 1. The predicted octanol–water partition coefficient (Wildman–Crippen LogP) is 4.83. The molecule has 1 aliphatic rings. The van der Waals surface area contributed by atoms with Gasteiger partial charge in [-0.15, -0.1) is 11.3 Å². The molecule has 1 atom stereocenters. The third kappa shape index (κ3) is 4.22. The fraction of sp³-hybridized carbons (Fsp3) is 0.364. The minimum Gasteiger partial charge on any atom is -0.351 e. The van der Waals surface area contributed by atoms with Gasteiger partial charge in [-0.2, -0.15) is 0 Å². The number of likely N-dealkylation sites (tertiary alicyclic amines) is 1. The summed E-state index contributed by atoms with van der Waals surface area (Å²) in [5.74, 6) is 0.547. The van der Waals surface area contributed by atoms with Crippen LogP contribution >= 0.6 is 22.9 Å². The molecule has 6 heteroatoms. The van der Waals surface area contributed by atoms with Gasteiger partial charge in [0.2, 0.25) is 5.91 Å². The van der Waals surface area contributed by atoms with E-state index in [4.69, 9.17) is 16.6 Å². The molecule has 146 valence electrons. The number of hydrogen-bond acceptors (Lipinski definition) is 4. The Morgan fingerprint density at radius 2 is 1.93 bits per heavy atom. The Labute approximate surface area is 174 Å². The molecule has 4 nitrogen and oxygen atoms in total. The molecule has 0 unspecified atom stereocenters. The second-order valence-electron chi connectivity index (χ2n) is 7.32. The monoisotopic (exact) mass is 413 g/mol. The maximum atomic E-state index is 12.6. The maximum absolute atomic E-state index is 12.6. The number of para-hydroxylation sites is 1. The zero-order chi connectivity index (χ0) is 19.5. The molecule has 1 aliphatic heterocycles. The van der Waals surface area contributed by atoms with Crippen molar-refractivity contribution >= 4 is 39.1 Å². The fourth-order valence-electron chi connectivity index (χ4n) is 3.74. The molecular formula is C22H24ClN3OS. The number of fused-ring (bicyclic) bond motifs is 1. The summed E-state index contributed by atoms with van der Waals surface area (Å²) in [6, 6.07) is 15.8. The number of halogens is 1. The van der Waals surface area contributed by atoms with Crippen LogP contribution in [-0.4, -0.2) is 34.9 Å². The van der Waals surface area contributed by atoms with Crippen molar-refractivity contribution in [3.05, 3.63) is 64.1 Å². The third-order valence-electron chi connectivity index (χ3n) is 5.53. The topological polar surface area (TPSA) is 45.2 Å². The first kappa shape index (κ1) is 19.4. The van der Waals surface area contributed by atoms with Crippen LogP contribution in [0.4, 0.5) is 0 Å². The summed E-state index contributed by atoms with van der Waals surface area (Å²) in [7, 11) is 0. The number of rotatable bonds is 5. The van der Waals surface area contributed by atoms with Crippen LogP contribution in [-0.2, 0) is 11.3 Å². The van der Waals surface area contributed by atoms with E-state index in [0.717, 1.165) is 37.0 Å². The number of piperidine rings is 1. The van der Waals surface area contributed by atoms with Crippen LogP contribution in [0.3, 0.4) is 0 Å². The van der Waals surface area contributed by atoms with Gasteiger partial charge in [0.05, 0.1) is 21.3 Å². The highest BCUT2D eigenvalue weighted by Gasteiger charge is 2.28. The summed E-state index contributed by atoms with van der Waals surface area (Å²) < 4.78 is 1.26. The fourth-order valence-corrected chi connectivity index (χ4v) is 5.08. The van der Waals surface area contributed by atoms with E-state index in [1.807, 2.05) is 37.3 Å². The van der Waals surface area contributed by atoms with Gasteiger partial charge in [0.1, 0.15) is 0 Å². The summed E-state index contributed by atoms with van der Waals surface area (Å²) >= 11 is 7.98. The lowest BCUT2D eigenvalue weighted by atomic mass is 9.96. The zero-order valence-electron chi connectivity index (χ0n) is 15.9. The minimum atomic E-state index is -0.140. The molecule has 2 heterocycles. The highest BCUT2D eigenvalue weighted by Crippen LogP contribution is 2.34. The molecule has 1 amide bonds. The van der Waals surface area contributed by atoms with Crippen molar-refractivity contribution in [2.45, 2.75) is 38.3 Å². The van der Waals surface area contributed by atoms with Gasteiger partial charge >= 0.3 is 0 Å². The van der Waals surface area contributed by atoms with Gasteiger partial charge in [0.25, 0.3) is 0 Å². The van der Waals surface area contributed by atoms with Gasteiger partial charge in [0, 0.05) is 17.5 Å². The number of benzene rings is 2. The SMILES string of the molecule is C[C@H](C(=O)NCc1ccccc1Cl)N1CCC(c2nc3ccccc3s2)CC1. The van der Waals surface area contributed by atoms with Crippen LogP contribution in [0.2, 0.25) is 5.02 Å².